The Bertz CT molecular complexity index is 1330. The second-order valence-corrected chi connectivity index (χ2v) is 10.4. The third-order valence-corrected chi connectivity index (χ3v) is 8.02. The maximum absolute atomic E-state index is 13.1. The second kappa shape index (κ2) is 11.8. The number of carbonyl (C=O) groups is 2. The Balaban J connectivity index is 1.11. The lowest BCUT2D eigenvalue weighted by molar-refractivity contribution is -0.116. The van der Waals surface area contributed by atoms with Crippen LogP contribution in [0.2, 0.25) is 0 Å². The zero-order chi connectivity index (χ0) is 27.4. The van der Waals surface area contributed by atoms with E-state index in [2.05, 4.69) is 41.5 Å². The summed E-state index contributed by atoms with van der Waals surface area (Å²) in [6, 6.07) is 19.9. The van der Waals surface area contributed by atoms with Gasteiger partial charge in [-0.05, 0) is 84.7 Å². The van der Waals surface area contributed by atoms with Crippen LogP contribution in [0.3, 0.4) is 0 Å². The average Bonchev–Trinajstić information content (AvgIpc) is 3.35. The molecule has 2 aliphatic heterocycles. The third kappa shape index (κ3) is 6.03. The van der Waals surface area contributed by atoms with E-state index in [1.54, 1.807) is 14.2 Å². The van der Waals surface area contributed by atoms with Gasteiger partial charge in [-0.2, -0.15) is 0 Å². The molecule has 3 aromatic rings. The number of piperidine rings is 1. The molecule has 0 unspecified atom stereocenters. The number of nitrogens with one attached hydrogen (secondary N) is 1. The minimum atomic E-state index is -0.0364. The number of carbonyl (C=O) groups excluding carboxylic acids is 2. The number of anilines is 2. The van der Waals surface area contributed by atoms with Crippen molar-refractivity contribution in [3.63, 3.8) is 0 Å². The summed E-state index contributed by atoms with van der Waals surface area (Å²) in [5, 5.41) is 3.00. The predicted molar refractivity (Wildman–Crippen MR) is 154 cm³/mol. The van der Waals surface area contributed by atoms with Crippen molar-refractivity contribution >= 4 is 23.2 Å². The van der Waals surface area contributed by atoms with Gasteiger partial charge in [-0.3, -0.25) is 9.59 Å². The molecule has 2 amide bonds. The highest BCUT2D eigenvalue weighted by Gasteiger charge is 2.26. The van der Waals surface area contributed by atoms with Crippen LogP contribution in [0.25, 0.3) is 0 Å². The van der Waals surface area contributed by atoms with E-state index in [1.807, 2.05) is 41.3 Å². The highest BCUT2D eigenvalue weighted by atomic mass is 16.5. The molecule has 3 aromatic carbocycles. The van der Waals surface area contributed by atoms with Crippen molar-refractivity contribution in [2.45, 2.75) is 38.0 Å². The van der Waals surface area contributed by atoms with Crippen molar-refractivity contribution in [1.29, 1.82) is 0 Å². The van der Waals surface area contributed by atoms with Gasteiger partial charge in [0.2, 0.25) is 5.91 Å². The van der Waals surface area contributed by atoms with Gasteiger partial charge in [0, 0.05) is 56.1 Å². The molecule has 0 aliphatic carbocycles. The molecule has 1 N–H and O–H groups in total. The fraction of sp³-hybridized carbons (Fsp3) is 0.375. The van der Waals surface area contributed by atoms with Gasteiger partial charge in [0.1, 0.15) is 11.5 Å². The zero-order valence-corrected chi connectivity index (χ0v) is 23.0. The standard InChI is InChI=1S/C32H37N3O4/c1-34-17-14-25-20-26(7-12-29(25)34)32(37)35-18-15-23(16-19-35)22-4-9-27(10-5-22)33-31(36)13-8-24-6-11-28(38-2)21-30(24)39-3/h4-7,9-12,20-21,23H,8,13-19H2,1-3H3,(H,33,36). The molecule has 0 spiro atoms. The van der Waals surface area contributed by atoms with Crippen LogP contribution in [0, 0.1) is 0 Å². The summed E-state index contributed by atoms with van der Waals surface area (Å²) in [6.07, 6.45) is 3.82. The van der Waals surface area contributed by atoms with E-state index in [0.29, 0.717) is 18.8 Å². The number of likely N-dealkylation sites (tertiary alicyclic amines) is 1. The molecule has 0 aromatic heterocycles. The van der Waals surface area contributed by atoms with Gasteiger partial charge in [-0.1, -0.05) is 18.2 Å². The summed E-state index contributed by atoms with van der Waals surface area (Å²) in [5.74, 6) is 1.96. The molecular formula is C32H37N3O4. The summed E-state index contributed by atoms with van der Waals surface area (Å²) >= 11 is 0. The first-order valence-electron chi connectivity index (χ1n) is 13.7. The number of rotatable bonds is 8. The largest absolute Gasteiger partial charge is 0.497 e. The average molecular weight is 528 g/mol. The molecule has 1 fully saturated rings. The van der Waals surface area contributed by atoms with Crippen molar-refractivity contribution in [2.24, 2.45) is 0 Å². The molecule has 0 atom stereocenters. The van der Waals surface area contributed by atoms with Gasteiger partial charge in [0.25, 0.3) is 5.91 Å². The Kier molecular flexibility index (Phi) is 8.05. The second-order valence-electron chi connectivity index (χ2n) is 10.4. The van der Waals surface area contributed by atoms with E-state index in [9.17, 15) is 9.59 Å². The molecule has 0 radical (unpaired) electrons. The van der Waals surface area contributed by atoms with Crippen LogP contribution in [0.15, 0.2) is 60.7 Å². The van der Waals surface area contributed by atoms with Gasteiger partial charge in [0.15, 0.2) is 0 Å². The number of hydrogen-bond donors (Lipinski definition) is 1. The molecule has 2 heterocycles. The number of hydrogen-bond acceptors (Lipinski definition) is 5. The van der Waals surface area contributed by atoms with Crippen LogP contribution in [0.5, 0.6) is 11.5 Å². The molecule has 204 valence electrons. The number of amides is 2. The van der Waals surface area contributed by atoms with Crippen molar-refractivity contribution in [2.75, 3.05) is 51.1 Å². The van der Waals surface area contributed by atoms with Crippen LogP contribution >= 0.6 is 0 Å². The number of methoxy groups -OCH3 is 2. The van der Waals surface area contributed by atoms with E-state index in [1.165, 1.54) is 16.8 Å². The zero-order valence-electron chi connectivity index (χ0n) is 23.0. The van der Waals surface area contributed by atoms with Gasteiger partial charge < -0.3 is 24.6 Å². The first-order valence-corrected chi connectivity index (χ1v) is 13.7. The van der Waals surface area contributed by atoms with Crippen molar-refractivity contribution in [1.82, 2.24) is 4.90 Å². The van der Waals surface area contributed by atoms with Crippen molar-refractivity contribution in [3.05, 3.63) is 82.9 Å². The fourth-order valence-electron chi connectivity index (χ4n) is 5.67. The van der Waals surface area contributed by atoms with E-state index in [4.69, 9.17) is 9.47 Å². The Morgan fingerprint density at radius 2 is 1.69 bits per heavy atom. The summed E-state index contributed by atoms with van der Waals surface area (Å²) < 4.78 is 10.7. The van der Waals surface area contributed by atoms with Crippen LogP contribution < -0.4 is 19.7 Å². The Hall–Kier alpha value is -4.00. The van der Waals surface area contributed by atoms with Crippen molar-refractivity contribution < 1.29 is 19.1 Å². The normalized spacial score (nSPS) is 15.2. The molecule has 0 saturated carbocycles. The van der Waals surface area contributed by atoms with Crippen LogP contribution in [0.1, 0.15) is 52.2 Å². The fourth-order valence-corrected chi connectivity index (χ4v) is 5.67. The lowest BCUT2D eigenvalue weighted by Gasteiger charge is -2.32. The Morgan fingerprint density at radius 1 is 0.923 bits per heavy atom. The van der Waals surface area contributed by atoms with Crippen LogP contribution in [-0.4, -0.2) is 57.6 Å². The maximum Gasteiger partial charge on any atom is 0.253 e. The number of benzene rings is 3. The third-order valence-electron chi connectivity index (χ3n) is 8.02. The SMILES string of the molecule is COc1ccc(CCC(=O)Nc2ccc(C3CCN(C(=O)c4ccc5c(c4)CCN5C)CC3)cc2)c(OC)c1. The summed E-state index contributed by atoms with van der Waals surface area (Å²) in [4.78, 5) is 29.9. The minimum Gasteiger partial charge on any atom is -0.497 e. The summed E-state index contributed by atoms with van der Waals surface area (Å²) in [6.45, 7) is 2.53. The van der Waals surface area contributed by atoms with E-state index >= 15 is 0 Å². The topological polar surface area (TPSA) is 71.1 Å². The lowest BCUT2D eigenvalue weighted by atomic mass is 9.89. The highest BCUT2D eigenvalue weighted by Crippen LogP contribution is 2.32. The molecule has 1 saturated heterocycles. The first-order chi connectivity index (χ1) is 18.9. The smallest absolute Gasteiger partial charge is 0.253 e. The number of likely N-dealkylation sites (N-methyl/N-ethyl adjacent to an activating group) is 1. The Morgan fingerprint density at radius 3 is 2.41 bits per heavy atom. The molecule has 5 rings (SSSR count). The molecular weight excluding hydrogens is 490 g/mol. The Labute approximate surface area is 230 Å². The minimum absolute atomic E-state index is 0.0364. The van der Waals surface area contributed by atoms with Gasteiger partial charge in [-0.25, -0.2) is 0 Å². The molecule has 39 heavy (non-hydrogen) atoms. The molecule has 2 aliphatic rings. The maximum atomic E-state index is 13.1. The van der Waals surface area contributed by atoms with E-state index < -0.39 is 0 Å². The molecule has 7 nitrogen and oxygen atoms in total. The number of nitrogens with zero attached hydrogens (tertiary/aromatic N) is 2. The number of fused-ring (bicyclic) bond motifs is 1. The molecule has 0 bridgehead atoms. The van der Waals surface area contributed by atoms with Crippen LogP contribution in [-0.2, 0) is 17.6 Å². The number of ether oxygens (including phenoxy) is 2. The summed E-state index contributed by atoms with van der Waals surface area (Å²) in [7, 11) is 5.33. The highest BCUT2D eigenvalue weighted by molar-refractivity contribution is 5.95. The lowest BCUT2D eigenvalue weighted by Crippen LogP contribution is -2.37. The monoisotopic (exact) mass is 527 g/mol. The van der Waals surface area contributed by atoms with Crippen molar-refractivity contribution in [3.8, 4) is 11.5 Å². The first kappa shape index (κ1) is 26.6. The van der Waals surface area contributed by atoms with E-state index in [-0.39, 0.29) is 11.8 Å². The number of aryl methyl sites for hydroxylation is 1. The van der Waals surface area contributed by atoms with Gasteiger partial charge >= 0.3 is 0 Å². The predicted octanol–water partition coefficient (Wildman–Crippen LogP) is 5.29. The van der Waals surface area contributed by atoms with Gasteiger partial charge in [0.05, 0.1) is 14.2 Å². The molecule has 7 heteroatoms. The van der Waals surface area contributed by atoms with Crippen LogP contribution in [0.4, 0.5) is 11.4 Å². The van der Waals surface area contributed by atoms with E-state index in [0.717, 1.165) is 67.2 Å². The summed E-state index contributed by atoms with van der Waals surface area (Å²) in [5.41, 5.74) is 6.32. The van der Waals surface area contributed by atoms with Gasteiger partial charge in [-0.15, -0.1) is 0 Å². The quantitative estimate of drug-likeness (QED) is 0.431.